The molecular weight excluding hydrogens is 406 g/mol. The molecule has 0 spiro atoms. The number of ether oxygens (including phenoxy) is 1. The Kier molecular flexibility index (Phi) is 10.0. The van der Waals surface area contributed by atoms with Crippen LogP contribution in [0.25, 0.3) is 0 Å². The number of carbonyl (C=O) groups is 1. The third-order valence-corrected chi connectivity index (χ3v) is 5.93. The van der Waals surface area contributed by atoms with E-state index in [9.17, 15) is 4.79 Å². The lowest BCUT2D eigenvalue weighted by Crippen LogP contribution is -2.30. The maximum Gasteiger partial charge on any atom is 0.220 e. The number of rotatable bonds is 13. The smallest absolute Gasteiger partial charge is 0.220 e. The molecule has 3 nitrogen and oxygen atoms in total. The van der Waals surface area contributed by atoms with E-state index >= 15 is 0 Å². The molecule has 1 amide bonds. The third kappa shape index (κ3) is 8.76. The first-order valence-electron chi connectivity index (χ1n) is 12.3. The van der Waals surface area contributed by atoms with Gasteiger partial charge >= 0.3 is 0 Å². The number of unbranched alkanes of at least 4 members (excludes halogenated alkanes) is 3. The summed E-state index contributed by atoms with van der Waals surface area (Å²) < 4.78 is 5.82. The molecule has 1 unspecified atom stereocenters. The van der Waals surface area contributed by atoms with Gasteiger partial charge in [0.15, 0.2) is 0 Å². The van der Waals surface area contributed by atoms with Crippen molar-refractivity contribution < 1.29 is 9.53 Å². The lowest BCUT2D eigenvalue weighted by Gasteiger charge is -2.20. The van der Waals surface area contributed by atoms with Gasteiger partial charge in [0.1, 0.15) is 5.75 Å². The van der Waals surface area contributed by atoms with E-state index in [2.05, 4.69) is 67.7 Å². The van der Waals surface area contributed by atoms with Crippen molar-refractivity contribution in [3.8, 4) is 5.75 Å². The Morgan fingerprint density at radius 1 is 0.848 bits per heavy atom. The van der Waals surface area contributed by atoms with Crippen molar-refractivity contribution in [2.45, 2.75) is 64.8 Å². The molecule has 0 aliphatic rings. The lowest BCUT2D eigenvalue weighted by atomic mass is 9.98. The molecule has 0 aliphatic carbocycles. The molecule has 33 heavy (non-hydrogen) atoms. The minimum absolute atomic E-state index is 0.0371. The van der Waals surface area contributed by atoms with Gasteiger partial charge in [0.05, 0.1) is 12.6 Å². The second-order valence-corrected chi connectivity index (χ2v) is 8.77. The van der Waals surface area contributed by atoms with Crippen LogP contribution in [-0.4, -0.2) is 12.5 Å². The van der Waals surface area contributed by atoms with Crippen molar-refractivity contribution in [3.63, 3.8) is 0 Å². The highest BCUT2D eigenvalue weighted by atomic mass is 16.5. The van der Waals surface area contributed by atoms with Gasteiger partial charge in [-0.25, -0.2) is 0 Å². The Labute approximate surface area is 199 Å². The number of nitrogens with one attached hydrogen (secondary N) is 1. The van der Waals surface area contributed by atoms with Crippen molar-refractivity contribution in [1.82, 2.24) is 5.32 Å². The molecule has 0 saturated heterocycles. The molecule has 3 aromatic rings. The Bertz CT molecular complexity index is 949. The van der Waals surface area contributed by atoms with E-state index < -0.39 is 0 Å². The number of amides is 1. The van der Waals surface area contributed by atoms with Gasteiger partial charge in [-0.2, -0.15) is 0 Å². The minimum Gasteiger partial charge on any atom is -0.494 e. The summed E-state index contributed by atoms with van der Waals surface area (Å²) in [6.45, 7) is 5.07. The molecule has 0 bridgehead atoms. The van der Waals surface area contributed by atoms with Crippen LogP contribution in [0.5, 0.6) is 5.75 Å². The predicted octanol–water partition coefficient (Wildman–Crippen LogP) is 6.99. The Balaban J connectivity index is 1.51. The van der Waals surface area contributed by atoms with Gasteiger partial charge in [-0.15, -0.1) is 0 Å². The van der Waals surface area contributed by atoms with Crippen LogP contribution in [0, 0.1) is 6.92 Å². The van der Waals surface area contributed by atoms with Gasteiger partial charge in [-0.05, 0) is 55.0 Å². The topological polar surface area (TPSA) is 38.3 Å². The van der Waals surface area contributed by atoms with Crippen LogP contribution >= 0.6 is 0 Å². The fraction of sp³-hybridized carbons (Fsp3) is 0.367. The van der Waals surface area contributed by atoms with E-state index in [0.717, 1.165) is 36.3 Å². The summed E-state index contributed by atoms with van der Waals surface area (Å²) in [5.41, 5.74) is 4.75. The molecule has 0 fully saturated rings. The SMILES string of the molecule is CCCCCCOc1ccc(CCC(=O)NC(Cc2ccc(C)cc2)c2ccccc2)cc1. The van der Waals surface area contributed by atoms with E-state index in [1.165, 1.54) is 30.4 Å². The van der Waals surface area contributed by atoms with E-state index in [0.29, 0.717) is 12.8 Å². The van der Waals surface area contributed by atoms with Gasteiger partial charge in [-0.1, -0.05) is 98.5 Å². The molecule has 0 aromatic heterocycles. The summed E-state index contributed by atoms with van der Waals surface area (Å²) in [5, 5.41) is 3.26. The standard InChI is InChI=1S/C30H37NO2/c1-3-4-5-9-22-33-28-19-16-25(17-20-28)18-21-30(32)31-29(27-10-7-6-8-11-27)23-26-14-12-24(2)13-15-26/h6-8,10-17,19-20,29H,3-5,9,18,21-23H2,1-2H3,(H,31,32). The maximum absolute atomic E-state index is 12.8. The number of benzene rings is 3. The quantitative estimate of drug-likeness (QED) is 0.289. The predicted molar refractivity (Wildman–Crippen MR) is 137 cm³/mol. The van der Waals surface area contributed by atoms with E-state index in [1.807, 2.05) is 30.3 Å². The molecule has 174 valence electrons. The molecule has 1 N–H and O–H groups in total. The zero-order valence-corrected chi connectivity index (χ0v) is 20.1. The van der Waals surface area contributed by atoms with Gasteiger partial charge in [-0.3, -0.25) is 4.79 Å². The highest BCUT2D eigenvalue weighted by Gasteiger charge is 2.15. The maximum atomic E-state index is 12.8. The average molecular weight is 444 g/mol. The van der Waals surface area contributed by atoms with Crippen LogP contribution in [0.3, 0.4) is 0 Å². The minimum atomic E-state index is -0.0371. The summed E-state index contributed by atoms with van der Waals surface area (Å²) in [5.74, 6) is 0.981. The zero-order valence-electron chi connectivity index (χ0n) is 20.1. The summed E-state index contributed by atoms with van der Waals surface area (Å²) >= 11 is 0. The van der Waals surface area contributed by atoms with Crippen LogP contribution in [0.1, 0.15) is 67.3 Å². The van der Waals surface area contributed by atoms with Gasteiger partial charge in [0.25, 0.3) is 0 Å². The number of aryl methyl sites for hydroxylation is 2. The molecule has 0 radical (unpaired) electrons. The van der Waals surface area contributed by atoms with Crippen molar-refractivity contribution in [3.05, 3.63) is 101 Å². The first kappa shape index (κ1) is 24.6. The molecule has 0 heterocycles. The molecule has 0 aliphatic heterocycles. The number of hydrogen-bond acceptors (Lipinski definition) is 2. The average Bonchev–Trinajstić information content (AvgIpc) is 2.85. The summed E-state index contributed by atoms with van der Waals surface area (Å²) in [6, 6.07) is 26.9. The van der Waals surface area contributed by atoms with Gasteiger partial charge in [0, 0.05) is 6.42 Å². The van der Waals surface area contributed by atoms with Crippen molar-refractivity contribution in [1.29, 1.82) is 0 Å². The Hall–Kier alpha value is -3.07. The highest BCUT2D eigenvalue weighted by molar-refractivity contribution is 5.76. The second kappa shape index (κ2) is 13.5. The fourth-order valence-electron chi connectivity index (χ4n) is 3.89. The van der Waals surface area contributed by atoms with Crippen LogP contribution < -0.4 is 10.1 Å². The van der Waals surface area contributed by atoms with Gasteiger partial charge < -0.3 is 10.1 Å². The molecular formula is C30H37NO2. The zero-order chi connectivity index (χ0) is 23.3. The van der Waals surface area contributed by atoms with Crippen molar-refractivity contribution >= 4 is 5.91 Å². The summed E-state index contributed by atoms with van der Waals surface area (Å²) in [4.78, 5) is 12.8. The summed E-state index contributed by atoms with van der Waals surface area (Å²) in [7, 11) is 0. The first-order valence-corrected chi connectivity index (χ1v) is 12.3. The molecule has 0 saturated carbocycles. The second-order valence-electron chi connectivity index (χ2n) is 8.77. The van der Waals surface area contributed by atoms with Gasteiger partial charge in [0.2, 0.25) is 5.91 Å². The number of hydrogen-bond donors (Lipinski definition) is 1. The first-order chi connectivity index (χ1) is 16.1. The van der Waals surface area contributed by atoms with E-state index in [4.69, 9.17) is 4.74 Å². The van der Waals surface area contributed by atoms with Crippen LogP contribution in [0.2, 0.25) is 0 Å². The monoisotopic (exact) mass is 443 g/mol. The van der Waals surface area contributed by atoms with Crippen LogP contribution in [-0.2, 0) is 17.6 Å². The van der Waals surface area contributed by atoms with Crippen molar-refractivity contribution in [2.24, 2.45) is 0 Å². The normalized spacial score (nSPS) is 11.7. The summed E-state index contributed by atoms with van der Waals surface area (Å²) in [6.07, 6.45) is 6.78. The molecule has 3 rings (SSSR count). The number of carbonyl (C=O) groups excluding carboxylic acids is 1. The fourth-order valence-corrected chi connectivity index (χ4v) is 3.89. The van der Waals surface area contributed by atoms with Crippen molar-refractivity contribution in [2.75, 3.05) is 6.61 Å². The lowest BCUT2D eigenvalue weighted by molar-refractivity contribution is -0.121. The largest absolute Gasteiger partial charge is 0.494 e. The van der Waals surface area contributed by atoms with Crippen LogP contribution in [0.15, 0.2) is 78.9 Å². The molecule has 3 aromatic carbocycles. The Morgan fingerprint density at radius 2 is 1.55 bits per heavy atom. The Morgan fingerprint density at radius 3 is 2.24 bits per heavy atom. The molecule has 1 atom stereocenters. The molecule has 3 heteroatoms. The van der Waals surface area contributed by atoms with E-state index in [-0.39, 0.29) is 11.9 Å². The van der Waals surface area contributed by atoms with Crippen LogP contribution in [0.4, 0.5) is 0 Å². The van der Waals surface area contributed by atoms with E-state index in [1.54, 1.807) is 0 Å². The highest BCUT2D eigenvalue weighted by Crippen LogP contribution is 2.20. The third-order valence-electron chi connectivity index (χ3n) is 5.93.